The average molecular weight is 410 g/mol. The maximum atomic E-state index is 13.5. The molecule has 1 saturated heterocycles. The summed E-state index contributed by atoms with van der Waals surface area (Å²) in [7, 11) is -3.41. The smallest absolute Gasteiger partial charge is 0.194 e. The molecule has 2 atom stereocenters. The van der Waals surface area contributed by atoms with E-state index in [4.69, 9.17) is 0 Å². The summed E-state index contributed by atoms with van der Waals surface area (Å²) < 4.78 is 26.9. The van der Waals surface area contributed by atoms with E-state index in [1.54, 1.807) is 24.3 Å². The minimum absolute atomic E-state index is 0.205. The van der Waals surface area contributed by atoms with Gasteiger partial charge in [0.15, 0.2) is 9.84 Å². The maximum absolute atomic E-state index is 13.5. The highest BCUT2D eigenvalue weighted by Crippen LogP contribution is 2.28. The van der Waals surface area contributed by atoms with Gasteiger partial charge in [-0.2, -0.15) is 0 Å². The van der Waals surface area contributed by atoms with Gasteiger partial charge >= 0.3 is 0 Å². The van der Waals surface area contributed by atoms with E-state index >= 15 is 0 Å². The normalized spacial score (nSPS) is 18.8. The van der Waals surface area contributed by atoms with E-state index in [1.807, 2.05) is 36.4 Å². The van der Waals surface area contributed by atoms with Gasteiger partial charge in [-0.1, -0.05) is 62.1 Å². The maximum Gasteiger partial charge on any atom is 0.194 e. The molecule has 29 heavy (non-hydrogen) atoms. The quantitative estimate of drug-likeness (QED) is 0.631. The molecule has 2 aromatic rings. The Hall–Kier alpha value is -2.09. The van der Waals surface area contributed by atoms with E-state index < -0.39 is 15.2 Å². The minimum Gasteiger partial charge on any atom is -0.286 e. The predicted octanol–water partition coefficient (Wildman–Crippen LogP) is 4.99. The van der Waals surface area contributed by atoms with Crippen LogP contribution in [0.2, 0.25) is 0 Å². The Balaban J connectivity index is 1.81. The molecular formula is C25H31NO2S. The second-order valence-corrected chi connectivity index (χ2v) is 10.4. The summed E-state index contributed by atoms with van der Waals surface area (Å²) >= 11 is 0. The zero-order chi connectivity index (χ0) is 20.7. The van der Waals surface area contributed by atoms with E-state index in [0.29, 0.717) is 23.8 Å². The van der Waals surface area contributed by atoms with Gasteiger partial charge in [-0.15, -0.1) is 0 Å². The Morgan fingerprint density at radius 2 is 1.66 bits per heavy atom. The number of piperidine rings is 1. The van der Waals surface area contributed by atoms with Gasteiger partial charge in [0.2, 0.25) is 0 Å². The molecule has 1 aliphatic rings. The fourth-order valence-electron chi connectivity index (χ4n) is 3.87. The first-order valence-corrected chi connectivity index (χ1v) is 12.1. The lowest BCUT2D eigenvalue weighted by Gasteiger charge is -2.36. The van der Waals surface area contributed by atoms with Crippen molar-refractivity contribution in [2.45, 2.75) is 49.8 Å². The van der Waals surface area contributed by atoms with Crippen LogP contribution in [0.15, 0.2) is 65.6 Å². The molecule has 1 aliphatic heterocycles. The van der Waals surface area contributed by atoms with Crippen molar-refractivity contribution in [3.8, 4) is 11.8 Å². The standard InChI is InChI=1S/C25H31NO2S/c1-21(2)15-18-25(29(27,28)24-13-7-4-8-14-24)26-19-9-12-23(20-26)17-16-22-10-5-3-6-11-22/h3-8,10-11,13-14,21,23,25H,9,12,15,18-20H2,1-2H3. The Bertz CT molecular complexity index is 927. The van der Waals surface area contributed by atoms with Crippen molar-refractivity contribution >= 4 is 9.84 Å². The highest BCUT2D eigenvalue weighted by atomic mass is 32.2. The summed E-state index contributed by atoms with van der Waals surface area (Å²) in [6, 6.07) is 18.9. The first-order valence-electron chi connectivity index (χ1n) is 10.6. The van der Waals surface area contributed by atoms with Gasteiger partial charge in [0.25, 0.3) is 0 Å². The molecule has 154 valence electrons. The van der Waals surface area contributed by atoms with E-state index in [0.717, 1.165) is 31.4 Å². The molecule has 2 unspecified atom stereocenters. The number of hydrogen-bond acceptors (Lipinski definition) is 3. The minimum atomic E-state index is -3.41. The van der Waals surface area contributed by atoms with E-state index in [9.17, 15) is 8.42 Å². The third-order valence-electron chi connectivity index (χ3n) is 5.48. The van der Waals surface area contributed by atoms with Crippen molar-refractivity contribution in [3.63, 3.8) is 0 Å². The van der Waals surface area contributed by atoms with E-state index in [1.165, 1.54) is 0 Å². The Morgan fingerprint density at radius 1 is 1.00 bits per heavy atom. The van der Waals surface area contributed by atoms with Gasteiger partial charge in [0.05, 0.1) is 4.90 Å². The third-order valence-corrected chi connectivity index (χ3v) is 7.65. The molecular weight excluding hydrogens is 378 g/mol. The van der Waals surface area contributed by atoms with Gasteiger partial charge < -0.3 is 0 Å². The number of likely N-dealkylation sites (tertiary alicyclic amines) is 1. The van der Waals surface area contributed by atoms with Crippen molar-refractivity contribution in [2.24, 2.45) is 11.8 Å². The van der Waals surface area contributed by atoms with Crippen molar-refractivity contribution in [1.82, 2.24) is 4.90 Å². The van der Waals surface area contributed by atoms with Gasteiger partial charge in [-0.05, 0) is 62.4 Å². The van der Waals surface area contributed by atoms with Crippen LogP contribution in [0.5, 0.6) is 0 Å². The molecule has 0 aliphatic carbocycles. The number of rotatable bonds is 6. The predicted molar refractivity (Wildman–Crippen MR) is 119 cm³/mol. The first kappa shape index (κ1) is 21.6. The number of benzene rings is 2. The molecule has 0 amide bonds. The second kappa shape index (κ2) is 10.1. The Kier molecular flexibility index (Phi) is 7.52. The molecule has 0 saturated carbocycles. The number of sulfone groups is 1. The van der Waals surface area contributed by atoms with Crippen LogP contribution in [-0.4, -0.2) is 31.8 Å². The molecule has 3 nitrogen and oxygen atoms in total. The topological polar surface area (TPSA) is 37.4 Å². The van der Waals surface area contributed by atoms with Crippen molar-refractivity contribution in [1.29, 1.82) is 0 Å². The van der Waals surface area contributed by atoms with Crippen molar-refractivity contribution in [2.75, 3.05) is 13.1 Å². The molecule has 0 radical (unpaired) electrons. The molecule has 0 aromatic heterocycles. The van der Waals surface area contributed by atoms with Gasteiger partial charge in [-0.25, -0.2) is 8.42 Å². The zero-order valence-electron chi connectivity index (χ0n) is 17.4. The lowest BCUT2D eigenvalue weighted by atomic mass is 9.97. The van der Waals surface area contributed by atoms with E-state index in [-0.39, 0.29) is 5.92 Å². The third kappa shape index (κ3) is 5.95. The second-order valence-electron chi connectivity index (χ2n) is 8.25. The van der Waals surface area contributed by atoms with Gasteiger partial charge in [0.1, 0.15) is 5.37 Å². The largest absolute Gasteiger partial charge is 0.286 e. The monoisotopic (exact) mass is 409 g/mol. The molecule has 2 aromatic carbocycles. The van der Waals surface area contributed by atoms with Crippen LogP contribution in [0.1, 0.15) is 45.1 Å². The highest BCUT2D eigenvalue weighted by Gasteiger charge is 2.35. The summed E-state index contributed by atoms with van der Waals surface area (Å²) in [4.78, 5) is 2.59. The zero-order valence-corrected chi connectivity index (χ0v) is 18.2. The van der Waals surface area contributed by atoms with Crippen LogP contribution in [0.3, 0.4) is 0 Å². The molecule has 1 fully saturated rings. The van der Waals surface area contributed by atoms with Crippen LogP contribution in [0, 0.1) is 23.7 Å². The van der Waals surface area contributed by atoms with Crippen LogP contribution >= 0.6 is 0 Å². The molecule has 3 rings (SSSR count). The number of nitrogens with zero attached hydrogens (tertiary/aromatic N) is 1. The lowest BCUT2D eigenvalue weighted by Crippen LogP contribution is -2.46. The van der Waals surface area contributed by atoms with Gasteiger partial charge in [-0.3, -0.25) is 4.90 Å². The number of hydrogen-bond donors (Lipinski definition) is 0. The summed E-state index contributed by atoms with van der Waals surface area (Å²) in [5.74, 6) is 7.34. The van der Waals surface area contributed by atoms with Gasteiger partial charge in [0, 0.05) is 18.0 Å². The Labute approximate surface area is 176 Å². The summed E-state index contributed by atoms with van der Waals surface area (Å²) in [6.07, 6.45) is 3.57. The fourth-order valence-corrected chi connectivity index (χ4v) is 5.75. The molecule has 4 heteroatoms. The van der Waals surface area contributed by atoms with Crippen LogP contribution in [0.4, 0.5) is 0 Å². The molecule has 0 bridgehead atoms. The SMILES string of the molecule is CC(C)CCC(N1CCCC(C#Cc2ccccc2)C1)S(=O)(=O)c1ccccc1. The Morgan fingerprint density at radius 3 is 2.31 bits per heavy atom. The first-order chi connectivity index (χ1) is 14.0. The van der Waals surface area contributed by atoms with Crippen LogP contribution in [0.25, 0.3) is 0 Å². The molecule has 0 N–H and O–H groups in total. The molecule has 0 spiro atoms. The van der Waals surface area contributed by atoms with E-state index in [2.05, 4.69) is 30.6 Å². The summed E-state index contributed by atoms with van der Waals surface area (Å²) in [5, 5.41) is -0.478. The van der Waals surface area contributed by atoms with Crippen molar-refractivity contribution in [3.05, 3.63) is 66.2 Å². The summed E-state index contributed by atoms with van der Waals surface area (Å²) in [5.41, 5.74) is 1.01. The molecule has 1 heterocycles. The summed E-state index contributed by atoms with van der Waals surface area (Å²) in [6.45, 7) is 5.83. The average Bonchev–Trinajstić information content (AvgIpc) is 2.74. The van der Waals surface area contributed by atoms with Crippen LogP contribution in [-0.2, 0) is 9.84 Å². The van der Waals surface area contributed by atoms with Crippen LogP contribution < -0.4 is 0 Å². The lowest BCUT2D eigenvalue weighted by molar-refractivity contribution is 0.171. The highest BCUT2D eigenvalue weighted by molar-refractivity contribution is 7.92. The van der Waals surface area contributed by atoms with Crippen molar-refractivity contribution < 1.29 is 8.42 Å². The fraction of sp³-hybridized carbons (Fsp3) is 0.440.